The van der Waals surface area contributed by atoms with Gasteiger partial charge in [0, 0.05) is 24.7 Å². The summed E-state index contributed by atoms with van der Waals surface area (Å²) in [5.41, 5.74) is 1.92. The molecule has 1 aromatic carbocycles. The minimum atomic E-state index is 0.0417. The van der Waals surface area contributed by atoms with Crippen LogP contribution in [0.1, 0.15) is 35.7 Å². The normalized spacial score (nSPS) is 14.6. The van der Waals surface area contributed by atoms with Crippen LogP contribution in [0.15, 0.2) is 24.3 Å². The van der Waals surface area contributed by atoms with E-state index in [1.165, 1.54) is 12.8 Å². The van der Waals surface area contributed by atoms with E-state index in [1.807, 2.05) is 24.3 Å². The molecule has 2 N–H and O–H groups in total. The highest BCUT2D eigenvalue weighted by Gasteiger charge is 2.19. The summed E-state index contributed by atoms with van der Waals surface area (Å²) in [5, 5.41) is 6.33. The van der Waals surface area contributed by atoms with E-state index in [4.69, 9.17) is 0 Å². The zero-order chi connectivity index (χ0) is 12.1. The molecule has 0 heterocycles. The van der Waals surface area contributed by atoms with E-state index < -0.39 is 0 Å². The van der Waals surface area contributed by atoms with E-state index in [0.29, 0.717) is 12.6 Å². The van der Waals surface area contributed by atoms with Gasteiger partial charge in [-0.15, -0.1) is 0 Å². The number of benzene rings is 1. The van der Waals surface area contributed by atoms with E-state index in [0.717, 1.165) is 24.1 Å². The highest BCUT2D eigenvalue weighted by molar-refractivity contribution is 5.95. The third kappa shape index (κ3) is 3.56. The van der Waals surface area contributed by atoms with E-state index in [9.17, 15) is 4.79 Å². The Balaban J connectivity index is 1.80. The van der Waals surface area contributed by atoms with Crippen LogP contribution in [-0.4, -0.2) is 25.0 Å². The SMILES string of the molecule is CCc1ccccc1C(=O)NCCNC1CC1. The number of hydrogen-bond acceptors (Lipinski definition) is 2. The van der Waals surface area contributed by atoms with Gasteiger partial charge in [-0.3, -0.25) is 4.79 Å². The lowest BCUT2D eigenvalue weighted by Gasteiger charge is -2.09. The molecule has 17 heavy (non-hydrogen) atoms. The minimum Gasteiger partial charge on any atom is -0.351 e. The van der Waals surface area contributed by atoms with Crippen molar-refractivity contribution < 1.29 is 4.79 Å². The summed E-state index contributed by atoms with van der Waals surface area (Å²) in [4.78, 5) is 11.9. The molecule has 1 aliphatic carbocycles. The molecule has 3 nitrogen and oxygen atoms in total. The van der Waals surface area contributed by atoms with Crippen molar-refractivity contribution in [1.82, 2.24) is 10.6 Å². The maximum Gasteiger partial charge on any atom is 0.251 e. The van der Waals surface area contributed by atoms with Gasteiger partial charge < -0.3 is 10.6 Å². The summed E-state index contributed by atoms with van der Waals surface area (Å²) in [5.74, 6) is 0.0417. The van der Waals surface area contributed by atoms with Crippen molar-refractivity contribution in [2.75, 3.05) is 13.1 Å². The van der Waals surface area contributed by atoms with Gasteiger partial charge in [-0.05, 0) is 30.9 Å². The van der Waals surface area contributed by atoms with Crippen molar-refractivity contribution in [3.05, 3.63) is 35.4 Å². The van der Waals surface area contributed by atoms with Gasteiger partial charge in [0.15, 0.2) is 0 Å². The number of carbonyl (C=O) groups is 1. The average molecular weight is 232 g/mol. The third-order valence-corrected chi connectivity index (χ3v) is 3.06. The van der Waals surface area contributed by atoms with Gasteiger partial charge in [0.1, 0.15) is 0 Å². The molecule has 0 atom stereocenters. The van der Waals surface area contributed by atoms with Crippen molar-refractivity contribution in [1.29, 1.82) is 0 Å². The number of rotatable bonds is 6. The molecule has 0 radical (unpaired) electrons. The molecule has 1 amide bonds. The first-order chi connectivity index (χ1) is 8.31. The van der Waals surface area contributed by atoms with Gasteiger partial charge in [0.2, 0.25) is 0 Å². The van der Waals surface area contributed by atoms with E-state index >= 15 is 0 Å². The van der Waals surface area contributed by atoms with E-state index in [-0.39, 0.29) is 5.91 Å². The maximum absolute atomic E-state index is 11.9. The molecule has 0 bridgehead atoms. The summed E-state index contributed by atoms with van der Waals surface area (Å²) in [6, 6.07) is 8.50. The highest BCUT2D eigenvalue weighted by atomic mass is 16.1. The Morgan fingerprint density at radius 2 is 2.06 bits per heavy atom. The Bertz CT molecular complexity index is 386. The number of carbonyl (C=O) groups excluding carboxylic acids is 1. The zero-order valence-electron chi connectivity index (χ0n) is 10.3. The Morgan fingerprint density at radius 1 is 1.29 bits per heavy atom. The van der Waals surface area contributed by atoms with Crippen LogP contribution in [0.5, 0.6) is 0 Å². The standard InChI is InChI=1S/C14H20N2O/c1-2-11-5-3-4-6-13(11)14(17)16-10-9-15-12-7-8-12/h3-6,12,15H,2,7-10H2,1H3,(H,16,17). The Hall–Kier alpha value is -1.35. The monoisotopic (exact) mass is 232 g/mol. The quantitative estimate of drug-likeness (QED) is 0.733. The van der Waals surface area contributed by atoms with E-state index in [1.54, 1.807) is 0 Å². The van der Waals surface area contributed by atoms with Gasteiger partial charge in [-0.1, -0.05) is 25.1 Å². The summed E-state index contributed by atoms with van der Waals surface area (Å²) < 4.78 is 0. The largest absolute Gasteiger partial charge is 0.351 e. The minimum absolute atomic E-state index is 0.0417. The van der Waals surface area contributed by atoms with Crippen LogP contribution in [-0.2, 0) is 6.42 Å². The average Bonchev–Trinajstić information content (AvgIpc) is 3.18. The molecule has 1 saturated carbocycles. The van der Waals surface area contributed by atoms with Crippen molar-refractivity contribution in [2.24, 2.45) is 0 Å². The number of amides is 1. The van der Waals surface area contributed by atoms with Crippen LogP contribution in [0.3, 0.4) is 0 Å². The first-order valence-electron chi connectivity index (χ1n) is 6.40. The first-order valence-corrected chi connectivity index (χ1v) is 6.40. The maximum atomic E-state index is 11.9. The topological polar surface area (TPSA) is 41.1 Å². The molecular formula is C14H20N2O. The lowest BCUT2D eigenvalue weighted by molar-refractivity contribution is 0.0953. The first kappa shape index (κ1) is 12.1. The summed E-state index contributed by atoms with van der Waals surface area (Å²) >= 11 is 0. The zero-order valence-corrected chi connectivity index (χ0v) is 10.3. The molecule has 92 valence electrons. The van der Waals surface area contributed by atoms with Gasteiger partial charge >= 0.3 is 0 Å². The molecular weight excluding hydrogens is 212 g/mol. The van der Waals surface area contributed by atoms with Crippen molar-refractivity contribution in [3.8, 4) is 0 Å². The molecule has 1 aliphatic rings. The van der Waals surface area contributed by atoms with Gasteiger partial charge in [0.25, 0.3) is 5.91 Å². The number of hydrogen-bond donors (Lipinski definition) is 2. The lowest BCUT2D eigenvalue weighted by atomic mass is 10.0. The second kappa shape index (κ2) is 5.82. The predicted octanol–water partition coefficient (Wildman–Crippen LogP) is 1.73. The van der Waals surface area contributed by atoms with Gasteiger partial charge in [-0.2, -0.15) is 0 Å². The second-order valence-electron chi connectivity index (χ2n) is 4.49. The number of aryl methyl sites for hydroxylation is 1. The van der Waals surface area contributed by atoms with Crippen LogP contribution < -0.4 is 10.6 Å². The Kier molecular flexibility index (Phi) is 4.15. The molecule has 1 aromatic rings. The predicted molar refractivity (Wildman–Crippen MR) is 69.2 cm³/mol. The van der Waals surface area contributed by atoms with Crippen molar-refractivity contribution in [2.45, 2.75) is 32.2 Å². The van der Waals surface area contributed by atoms with Gasteiger partial charge in [-0.25, -0.2) is 0 Å². The molecule has 3 heteroatoms. The molecule has 0 aliphatic heterocycles. The summed E-state index contributed by atoms with van der Waals surface area (Å²) in [6.07, 6.45) is 3.46. The molecule has 0 saturated heterocycles. The smallest absolute Gasteiger partial charge is 0.251 e. The second-order valence-corrected chi connectivity index (χ2v) is 4.49. The van der Waals surface area contributed by atoms with Crippen LogP contribution in [0.2, 0.25) is 0 Å². The molecule has 1 fully saturated rings. The van der Waals surface area contributed by atoms with Gasteiger partial charge in [0.05, 0.1) is 0 Å². The molecule has 0 aromatic heterocycles. The fourth-order valence-corrected chi connectivity index (χ4v) is 1.89. The molecule has 0 unspecified atom stereocenters. The molecule has 0 spiro atoms. The Morgan fingerprint density at radius 3 is 2.76 bits per heavy atom. The third-order valence-electron chi connectivity index (χ3n) is 3.06. The summed E-state index contributed by atoms with van der Waals surface area (Å²) in [7, 11) is 0. The van der Waals surface area contributed by atoms with E-state index in [2.05, 4.69) is 17.6 Å². The van der Waals surface area contributed by atoms with Crippen LogP contribution in [0.25, 0.3) is 0 Å². The lowest BCUT2D eigenvalue weighted by Crippen LogP contribution is -2.33. The highest BCUT2D eigenvalue weighted by Crippen LogP contribution is 2.17. The van der Waals surface area contributed by atoms with Crippen LogP contribution in [0, 0.1) is 0 Å². The number of nitrogens with one attached hydrogen (secondary N) is 2. The Labute approximate surface area is 103 Å². The van der Waals surface area contributed by atoms with Crippen molar-refractivity contribution in [3.63, 3.8) is 0 Å². The van der Waals surface area contributed by atoms with Crippen LogP contribution >= 0.6 is 0 Å². The van der Waals surface area contributed by atoms with Crippen LogP contribution in [0.4, 0.5) is 0 Å². The fraction of sp³-hybridized carbons (Fsp3) is 0.500. The fourth-order valence-electron chi connectivity index (χ4n) is 1.89. The summed E-state index contributed by atoms with van der Waals surface area (Å²) in [6.45, 7) is 3.64. The van der Waals surface area contributed by atoms with Crippen molar-refractivity contribution >= 4 is 5.91 Å². The molecule has 2 rings (SSSR count).